The molecule has 0 aliphatic carbocycles. The number of nitrogens with one attached hydrogen (secondary N) is 2. The topological polar surface area (TPSA) is 60.0 Å². The van der Waals surface area contributed by atoms with E-state index in [1.807, 2.05) is 7.05 Å². The Hall–Kier alpha value is -0.870. The molecule has 0 bridgehead atoms. The van der Waals surface area contributed by atoms with Crippen LogP contribution in [0.1, 0.15) is 30.2 Å². The molecule has 2 N–H and O–H groups in total. The lowest BCUT2D eigenvalue weighted by Gasteiger charge is -2.41. The lowest BCUT2D eigenvalue weighted by molar-refractivity contribution is -0.119. The Labute approximate surface area is 177 Å². The molecule has 6 nitrogen and oxygen atoms in total. The molecule has 0 saturated carbocycles. The van der Waals surface area contributed by atoms with Crippen LogP contribution in [0, 0.1) is 5.41 Å². The number of aliphatic imine (C=N–C) groups is 1. The van der Waals surface area contributed by atoms with Crippen LogP contribution in [-0.4, -0.2) is 69.0 Å². The van der Waals surface area contributed by atoms with E-state index < -0.39 is 0 Å². The van der Waals surface area contributed by atoms with Gasteiger partial charge in [-0.05, 0) is 38.4 Å². The number of amides is 1. The zero-order valence-corrected chi connectivity index (χ0v) is 19.0. The predicted molar refractivity (Wildman–Crippen MR) is 118 cm³/mol. The molecule has 0 radical (unpaired) electrons. The summed E-state index contributed by atoms with van der Waals surface area (Å²) in [4.78, 5) is 22.1. The van der Waals surface area contributed by atoms with Crippen LogP contribution in [0.2, 0.25) is 0 Å². The maximum Gasteiger partial charge on any atom is 0.220 e. The van der Waals surface area contributed by atoms with Gasteiger partial charge in [-0.15, -0.1) is 35.3 Å². The minimum absolute atomic E-state index is 0. The highest BCUT2D eigenvalue weighted by atomic mass is 127. The molecule has 8 heteroatoms. The number of hydrogen-bond donors (Lipinski definition) is 2. The quantitative estimate of drug-likeness (QED) is 0.385. The number of thiophene rings is 1. The second-order valence-electron chi connectivity index (χ2n) is 7.40. The van der Waals surface area contributed by atoms with Crippen molar-refractivity contribution in [3.63, 3.8) is 0 Å². The summed E-state index contributed by atoms with van der Waals surface area (Å²) in [7, 11) is 6.07. The van der Waals surface area contributed by atoms with Crippen molar-refractivity contribution in [3.8, 4) is 0 Å². The van der Waals surface area contributed by atoms with E-state index in [0.29, 0.717) is 12.5 Å². The number of piperidine rings is 1. The predicted octanol–water partition coefficient (Wildman–Crippen LogP) is 2.15. The average Bonchev–Trinajstić information content (AvgIpc) is 3.22. The number of nitrogens with zero attached hydrogens (tertiary/aromatic N) is 3. The molecule has 0 aromatic carbocycles. The Kier molecular flexibility index (Phi) is 7.72. The number of halogens is 1. The zero-order valence-electron chi connectivity index (χ0n) is 15.8. The number of rotatable bonds is 4. The van der Waals surface area contributed by atoms with Gasteiger partial charge in [0.1, 0.15) is 0 Å². The van der Waals surface area contributed by atoms with Crippen molar-refractivity contribution in [1.82, 2.24) is 20.4 Å². The van der Waals surface area contributed by atoms with Crippen molar-refractivity contribution < 1.29 is 4.79 Å². The maximum atomic E-state index is 11.7. The number of guanidine groups is 1. The molecule has 1 amide bonds. The molecule has 1 aromatic heterocycles. The van der Waals surface area contributed by atoms with E-state index in [1.54, 1.807) is 11.3 Å². The van der Waals surface area contributed by atoms with Crippen LogP contribution >= 0.6 is 35.3 Å². The second kappa shape index (κ2) is 9.36. The molecular formula is C18H30IN5OS. The Morgan fingerprint density at radius 2 is 2.35 bits per heavy atom. The lowest BCUT2D eigenvalue weighted by atomic mass is 9.79. The van der Waals surface area contributed by atoms with Gasteiger partial charge in [-0.3, -0.25) is 9.79 Å². The van der Waals surface area contributed by atoms with Gasteiger partial charge in [0.05, 0.1) is 6.04 Å². The van der Waals surface area contributed by atoms with E-state index in [4.69, 9.17) is 0 Å². The molecule has 3 rings (SSSR count). The normalized spacial score (nSPS) is 24.5. The molecule has 2 atom stereocenters. The van der Waals surface area contributed by atoms with Gasteiger partial charge < -0.3 is 20.4 Å². The van der Waals surface area contributed by atoms with Gasteiger partial charge in [-0.25, -0.2) is 0 Å². The van der Waals surface area contributed by atoms with Gasteiger partial charge in [0.25, 0.3) is 0 Å². The summed E-state index contributed by atoms with van der Waals surface area (Å²) in [5.41, 5.74) is 0.0850. The van der Waals surface area contributed by atoms with Crippen LogP contribution in [0.3, 0.4) is 0 Å². The van der Waals surface area contributed by atoms with Crippen molar-refractivity contribution in [3.05, 3.63) is 22.4 Å². The zero-order chi connectivity index (χ0) is 17.9. The Morgan fingerprint density at radius 3 is 2.92 bits per heavy atom. The van der Waals surface area contributed by atoms with E-state index in [1.165, 1.54) is 4.88 Å². The molecule has 26 heavy (non-hydrogen) atoms. The molecule has 3 heterocycles. The summed E-state index contributed by atoms with van der Waals surface area (Å²) in [6.07, 6.45) is 2.88. The molecule has 1 spiro atoms. The summed E-state index contributed by atoms with van der Waals surface area (Å²) in [5, 5.41) is 8.70. The third kappa shape index (κ3) is 4.89. The van der Waals surface area contributed by atoms with E-state index in [2.05, 4.69) is 57.0 Å². The highest BCUT2D eigenvalue weighted by molar-refractivity contribution is 14.0. The van der Waals surface area contributed by atoms with Crippen LogP contribution in [0.4, 0.5) is 0 Å². The summed E-state index contributed by atoms with van der Waals surface area (Å²) in [6.45, 7) is 3.52. The number of carbonyl (C=O) groups is 1. The molecule has 2 aliphatic heterocycles. The number of carbonyl (C=O) groups excluding carboxylic acids is 1. The molecule has 2 aliphatic rings. The first-order valence-electron chi connectivity index (χ1n) is 8.95. The molecule has 2 saturated heterocycles. The van der Waals surface area contributed by atoms with Gasteiger partial charge in [0.2, 0.25) is 5.91 Å². The molecular weight excluding hydrogens is 461 g/mol. The van der Waals surface area contributed by atoms with Crippen LogP contribution < -0.4 is 10.6 Å². The smallest absolute Gasteiger partial charge is 0.220 e. The van der Waals surface area contributed by atoms with Gasteiger partial charge in [0.15, 0.2) is 5.96 Å². The van der Waals surface area contributed by atoms with Crippen LogP contribution in [0.25, 0.3) is 0 Å². The van der Waals surface area contributed by atoms with Crippen LogP contribution in [0.15, 0.2) is 22.5 Å². The average molecular weight is 491 g/mol. The number of likely N-dealkylation sites (tertiary alicyclic amines) is 1. The minimum Gasteiger partial charge on any atom is -0.355 e. The first-order valence-corrected chi connectivity index (χ1v) is 9.83. The maximum absolute atomic E-state index is 11.7. The van der Waals surface area contributed by atoms with Gasteiger partial charge in [0, 0.05) is 49.9 Å². The Morgan fingerprint density at radius 1 is 1.54 bits per heavy atom. The fraction of sp³-hybridized carbons (Fsp3) is 0.667. The fourth-order valence-electron chi connectivity index (χ4n) is 3.97. The Bertz CT molecular complexity index is 621. The van der Waals surface area contributed by atoms with Gasteiger partial charge in [-0.1, -0.05) is 6.07 Å². The fourth-order valence-corrected chi connectivity index (χ4v) is 4.89. The lowest BCUT2D eigenvalue weighted by Crippen LogP contribution is -2.52. The standard InChI is InChI=1S/C18H29N5OS.HI/c1-19-17(20-11-14(22(2)3)15-6-4-9-25-15)23-8-5-7-18(13-23)10-16(24)21-12-18;/h4,6,9,14H,5,7-8,10-13H2,1-3H3,(H,19,20)(H,21,24);1H. The summed E-state index contributed by atoms with van der Waals surface area (Å²) >= 11 is 1.79. The largest absolute Gasteiger partial charge is 0.355 e. The SMILES string of the molecule is CN=C(NCC(c1cccs1)N(C)C)N1CCCC2(CNC(=O)C2)C1.I. The first-order chi connectivity index (χ1) is 12.0. The van der Waals surface area contributed by atoms with E-state index in [-0.39, 0.29) is 35.3 Å². The van der Waals surface area contributed by atoms with Crippen molar-refractivity contribution in [2.45, 2.75) is 25.3 Å². The number of hydrogen-bond acceptors (Lipinski definition) is 4. The van der Waals surface area contributed by atoms with Crippen molar-refractivity contribution in [2.24, 2.45) is 10.4 Å². The highest BCUT2D eigenvalue weighted by Gasteiger charge is 2.42. The van der Waals surface area contributed by atoms with Crippen molar-refractivity contribution >= 4 is 47.2 Å². The second-order valence-corrected chi connectivity index (χ2v) is 8.38. The monoisotopic (exact) mass is 491 g/mol. The summed E-state index contributed by atoms with van der Waals surface area (Å²) < 4.78 is 0. The molecule has 2 unspecified atom stereocenters. The first kappa shape index (κ1) is 21.4. The van der Waals surface area contributed by atoms with Crippen LogP contribution in [-0.2, 0) is 4.79 Å². The molecule has 1 aromatic rings. The minimum atomic E-state index is 0. The molecule has 146 valence electrons. The Balaban J connectivity index is 0.00000243. The van der Waals surface area contributed by atoms with E-state index in [0.717, 1.165) is 45.0 Å². The van der Waals surface area contributed by atoms with E-state index >= 15 is 0 Å². The van der Waals surface area contributed by atoms with Crippen LogP contribution in [0.5, 0.6) is 0 Å². The third-order valence-electron chi connectivity index (χ3n) is 5.32. The van der Waals surface area contributed by atoms with Crippen molar-refractivity contribution in [2.75, 3.05) is 47.3 Å². The van der Waals surface area contributed by atoms with Gasteiger partial charge in [-0.2, -0.15) is 0 Å². The van der Waals surface area contributed by atoms with E-state index in [9.17, 15) is 4.79 Å². The number of likely N-dealkylation sites (N-methyl/N-ethyl adjacent to an activating group) is 1. The van der Waals surface area contributed by atoms with Gasteiger partial charge >= 0.3 is 0 Å². The third-order valence-corrected chi connectivity index (χ3v) is 6.29. The molecule has 2 fully saturated rings. The highest BCUT2D eigenvalue weighted by Crippen LogP contribution is 2.36. The van der Waals surface area contributed by atoms with Crippen molar-refractivity contribution in [1.29, 1.82) is 0 Å². The summed E-state index contributed by atoms with van der Waals surface area (Å²) in [6, 6.07) is 4.61. The summed E-state index contributed by atoms with van der Waals surface area (Å²) in [5.74, 6) is 1.14.